The SMILES string of the molecule is C.CC(CCC(=O)OCc1ccccc1)N1CCNCC(C)(N)C1.CC1(N)CNCCNC1.CCN1CCN(C(C)CCC(=O)O)CC(C)(N(CC)CC)C1.CCN1CCN(C(C)CCC(=O)OCc2ccccc2)CC(C)(N(CC)CC)C1.CCO.C[C@@H](Br)CC(=O)OCc1ccccc1.N[C@@H](CCC(=O)OCc1ccccc1)C(=O)O.O=C(CC[C@H](Br)C(=O)O)OCc1ccccc1.O=N[O-].[Na+]. The molecular formula is C103H171Br2N14NaO19. The molecule has 139 heavy (non-hydrogen) atoms. The number of carbonyl (C=O) groups excluding carboxylic acids is 5. The first-order chi connectivity index (χ1) is 65.1. The third-order valence-corrected chi connectivity index (χ3v) is 24.6. The zero-order valence-electron chi connectivity index (χ0n) is 85.5. The van der Waals surface area contributed by atoms with Crippen LogP contribution >= 0.6 is 31.9 Å². The number of alkyl halides is 2. The van der Waals surface area contributed by atoms with Crippen molar-refractivity contribution in [2.75, 3.05) is 151 Å². The summed E-state index contributed by atoms with van der Waals surface area (Å²) in [5.74, 6) is -4.00. The van der Waals surface area contributed by atoms with Crippen molar-refractivity contribution in [2.45, 2.75) is 271 Å². The Labute approximate surface area is 869 Å². The van der Waals surface area contributed by atoms with Crippen LogP contribution in [0.2, 0.25) is 0 Å². The first kappa shape index (κ1) is 134. The van der Waals surface area contributed by atoms with Crippen LogP contribution < -0.4 is 62.7 Å². The third-order valence-electron chi connectivity index (χ3n) is 23.5. The number of nitrogens with zero attached hydrogens (tertiary/aromatic N) is 8. The molecule has 6 unspecified atom stereocenters. The van der Waals surface area contributed by atoms with E-state index in [1.54, 1.807) is 6.92 Å². The second kappa shape index (κ2) is 78.1. The zero-order chi connectivity index (χ0) is 103. The average molecular weight is 2090 g/mol. The number of nitrogens with two attached hydrogens (primary N) is 3. The number of carboxylic acid groups (broad SMARTS) is 3. The predicted molar refractivity (Wildman–Crippen MR) is 556 cm³/mol. The molecule has 4 saturated heterocycles. The quantitative estimate of drug-likeness (QED) is 0.00435. The summed E-state index contributed by atoms with van der Waals surface area (Å²) < 4.78 is 25.8. The van der Waals surface area contributed by atoms with Gasteiger partial charge in [-0.05, 0) is 155 Å². The van der Waals surface area contributed by atoms with Gasteiger partial charge in [0, 0.05) is 189 Å². The number of benzene rings is 5. The molecule has 9 atom stereocenters. The van der Waals surface area contributed by atoms with E-state index in [9.17, 15) is 38.4 Å². The van der Waals surface area contributed by atoms with E-state index in [0.29, 0.717) is 57.2 Å². The van der Waals surface area contributed by atoms with E-state index in [2.05, 4.69) is 172 Å². The number of hydrogen-bond acceptors (Lipinski definition) is 30. The van der Waals surface area contributed by atoms with Gasteiger partial charge in [0.15, 0.2) is 0 Å². The number of carboxylic acids is 3. The number of ether oxygens (including phenoxy) is 5. The molecule has 0 radical (unpaired) electrons. The van der Waals surface area contributed by atoms with Crippen LogP contribution in [0.5, 0.6) is 0 Å². The van der Waals surface area contributed by atoms with Crippen molar-refractivity contribution in [3.05, 3.63) is 190 Å². The summed E-state index contributed by atoms with van der Waals surface area (Å²) in [6, 6.07) is 47.9. The van der Waals surface area contributed by atoms with Gasteiger partial charge in [0.25, 0.3) is 0 Å². The van der Waals surface area contributed by atoms with Crippen molar-refractivity contribution in [1.29, 1.82) is 0 Å². The first-order valence-corrected chi connectivity index (χ1v) is 50.1. The van der Waals surface area contributed by atoms with Crippen LogP contribution in [0.3, 0.4) is 0 Å². The van der Waals surface area contributed by atoms with Crippen molar-refractivity contribution in [2.24, 2.45) is 22.5 Å². The van der Waals surface area contributed by atoms with Crippen molar-refractivity contribution >= 4 is 79.6 Å². The fourth-order valence-electron chi connectivity index (χ4n) is 15.6. The molecule has 5 aromatic carbocycles. The molecule has 13 N–H and O–H groups in total. The van der Waals surface area contributed by atoms with Crippen molar-refractivity contribution in [3.8, 4) is 0 Å². The number of likely N-dealkylation sites (N-methyl/N-ethyl adjacent to an activating group) is 4. The largest absolute Gasteiger partial charge is 1.00 e. The Bertz CT molecular complexity index is 3960. The number of aliphatic carboxylic acids is 3. The molecule has 4 aliphatic heterocycles. The van der Waals surface area contributed by atoms with Gasteiger partial charge in [-0.2, -0.15) is 0 Å². The van der Waals surface area contributed by atoms with E-state index in [-0.39, 0.29) is 140 Å². The normalized spacial score (nSPS) is 18.9. The minimum atomic E-state index is -1.11. The van der Waals surface area contributed by atoms with E-state index >= 15 is 0 Å². The summed E-state index contributed by atoms with van der Waals surface area (Å²) in [6.07, 6.45) is 4.38. The van der Waals surface area contributed by atoms with E-state index in [0.717, 1.165) is 196 Å². The van der Waals surface area contributed by atoms with Crippen molar-refractivity contribution < 1.29 is 112 Å². The van der Waals surface area contributed by atoms with Crippen molar-refractivity contribution in [1.82, 2.24) is 50.2 Å². The van der Waals surface area contributed by atoms with Crippen LogP contribution in [0.4, 0.5) is 0 Å². The van der Waals surface area contributed by atoms with Gasteiger partial charge >= 0.3 is 77.3 Å². The topological polar surface area (TPSA) is 453 Å². The summed E-state index contributed by atoms with van der Waals surface area (Å²) in [5, 5.41) is 52.5. The molecule has 36 heteroatoms. The smallest absolute Gasteiger partial charge is 0.481 e. The monoisotopic (exact) mass is 2090 g/mol. The molecule has 4 heterocycles. The summed E-state index contributed by atoms with van der Waals surface area (Å²) in [5.41, 5.74) is 22.3. The van der Waals surface area contributed by atoms with E-state index in [1.807, 2.05) is 159 Å². The molecule has 0 spiro atoms. The maximum atomic E-state index is 12.2. The maximum absolute atomic E-state index is 12.2. The van der Waals surface area contributed by atoms with Gasteiger partial charge in [0.2, 0.25) is 0 Å². The minimum absolute atomic E-state index is 0. The zero-order valence-corrected chi connectivity index (χ0v) is 90.6. The number of aliphatic hydroxyl groups is 1. The van der Waals surface area contributed by atoms with Gasteiger partial charge in [-0.15, -0.1) is 5.34 Å². The van der Waals surface area contributed by atoms with Crippen LogP contribution in [0.15, 0.2) is 157 Å². The van der Waals surface area contributed by atoms with Crippen LogP contribution in [0.25, 0.3) is 0 Å². The first-order valence-electron chi connectivity index (χ1n) is 48.3. The number of aliphatic hydroxyl groups excluding tert-OH is 1. The van der Waals surface area contributed by atoms with Gasteiger partial charge in [0.05, 0.1) is 6.42 Å². The molecule has 0 bridgehead atoms. The van der Waals surface area contributed by atoms with Gasteiger partial charge in [-0.3, -0.25) is 62.9 Å². The number of carbonyl (C=O) groups is 8. The molecule has 9 rings (SSSR count). The molecule has 0 aromatic heterocycles. The Morgan fingerprint density at radius 3 is 1.00 bits per heavy atom. The second-order valence-electron chi connectivity index (χ2n) is 35.8. The van der Waals surface area contributed by atoms with E-state index in [4.69, 9.17) is 71.4 Å². The third kappa shape index (κ3) is 63.4. The molecule has 0 saturated carbocycles. The number of esters is 5. The maximum Gasteiger partial charge on any atom is 1.00 e. The van der Waals surface area contributed by atoms with Crippen LogP contribution in [-0.2, 0) is 95.1 Å². The minimum Gasteiger partial charge on any atom is -0.481 e. The van der Waals surface area contributed by atoms with Crippen LogP contribution in [0, 0.1) is 10.1 Å². The summed E-state index contributed by atoms with van der Waals surface area (Å²) in [7, 11) is 0. The standard InChI is InChI=1S/C24H41N3O2.C18H29N3O2.C17H35N3O2.C12H13BrO4.C12H15NO4.C11H13BrO2.C6H15N3.C2H6O.CH4.HNO2.Na/c1-6-25-16-17-26(20-24(5,19-25)27(7-2)8-3)21(4)14-15-23(28)29-18-22-12-10-9-11-13-22;1-15(21-11-10-20-13-18(2,19)14-21)8-9-17(22)23-12-16-6-4-3-5-7-16;1-6-18-11-12-19(15(4)9-10-16(21)22)14-17(5,13-18)20(7-2)8-3;2*13-10(12(15)16)6-7-11(14)17-8-9-4-2-1-3-5-9;1-9(12)7-11(13)14-8-10-5-3-2-4-6-10;1-6(7)4-8-2-3-9-5-6;1-2-3;;2-1-3;/h9-13,21H,6-8,14-20H2,1-5H3;3-7,15,20H,8-14,19H2,1-2H3;15H,6-14H2,1-5H3,(H,21,22);1-5,10H,6-8H2,(H,15,16);1-5,10H,6-8,13H2,(H,15,16);2-6,9H,7-8H2,1H3;8-9H,2-5,7H2,1H3;3H,2H2,1H3;1H4;(H,2,3);/q;;;;;;;;;;+1/p-1/t;;;2*10-;9-;;;;;/m...001...../s1. The Morgan fingerprint density at radius 1 is 0.432 bits per heavy atom. The Balaban J connectivity index is 0. The van der Waals surface area contributed by atoms with Gasteiger partial charge in [0.1, 0.15) is 43.9 Å². The van der Waals surface area contributed by atoms with Crippen LogP contribution in [-0.4, -0.2) is 309 Å². The van der Waals surface area contributed by atoms with E-state index in [1.165, 1.54) is 0 Å². The number of nitrogens with one attached hydrogen (secondary N) is 3. The summed E-state index contributed by atoms with van der Waals surface area (Å²) in [6.45, 7) is 56.7. The molecular weight excluding hydrogens is 1920 g/mol. The molecule has 5 aromatic rings. The van der Waals surface area contributed by atoms with Gasteiger partial charge < -0.3 is 97.2 Å². The van der Waals surface area contributed by atoms with Crippen molar-refractivity contribution in [3.63, 3.8) is 0 Å². The molecule has 0 aliphatic carbocycles. The van der Waals surface area contributed by atoms with E-state index < -0.39 is 34.7 Å². The molecule has 0 amide bonds. The Kier molecular flexibility index (Phi) is 75.2. The molecule has 4 aliphatic rings. The Morgan fingerprint density at radius 2 is 0.712 bits per heavy atom. The van der Waals surface area contributed by atoms with Gasteiger partial charge in [-0.1, -0.05) is 239 Å². The molecule has 782 valence electrons. The molecule has 33 nitrogen and oxygen atoms in total. The van der Waals surface area contributed by atoms with Gasteiger partial charge in [-0.25, -0.2) is 0 Å². The fraction of sp³-hybridized carbons (Fsp3) is 0.631. The predicted octanol–water partition coefficient (Wildman–Crippen LogP) is 10.1. The Hall–Kier alpha value is -7.34. The summed E-state index contributed by atoms with van der Waals surface area (Å²) >= 11 is 6.26. The second-order valence-corrected chi connectivity index (χ2v) is 38.5. The number of halogens is 2. The molecule has 4 fully saturated rings. The van der Waals surface area contributed by atoms with Crippen LogP contribution in [0.1, 0.15) is 210 Å². The fourth-order valence-corrected chi connectivity index (χ4v) is 16.1. The number of hydrogen-bond donors (Lipinski definition) is 10. The average Bonchev–Trinajstić information content (AvgIpc) is 1.67. The summed E-state index contributed by atoms with van der Waals surface area (Å²) in [4.78, 5) is 115. The number of rotatable bonds is 40.